The summed E-state index contributed by atoms with van der Waals surface area (Å²) in [5, 5.41) is 16.5. The van der Waals surface area contributed by atoms with Crippen LogP contribution in [0.1, 0.15) is 19.8 Å². The molecule has 0 spiro atoms. The summed E-state index contributed by atoms with van der Waals surface area (Å²) in [5.74, 6) is -0.0901. The SMILES string of the molecule is CCNC(=O)Nc1nc2cc(-c3cnc(N4CCC(O)(C(=O)OC)CC4)nc3)cc(-c3ccccn3)c2s1. The third kappa shape index (κ3) is 5.13. The molecule has 0 unspecified atom stereocenters. The van der Waals surface area contributed by atoms with Gasteiger partial charge < -0.3 is 20.1 Å². The van der Waals surface area contributed by atoms with Gasteiger partial charge in [-0.2, -0.15) is 0 Å². The molecule has 38 heavy (non-hydrogen) atoms. The molecule has 5 rings (SSSR count). The Morgan fingerprint density at radius 1 is 1.13 bits per heavy atom. The van der Waals surface area contributed by atoms with Gasteiger partial charge in [0.15, 0.2) is 10.7 Å². The van der Waals surface area contributed by atoms with Crippen molar-refractivity contribution < 1.29 is 19.4 Å². The molecule has 1 aliphatic rings. The minimum absolute atomic E-state index is 0.241. The number of esters is 1. The molecule has 0 aliphatic carbocycles. The fourth-order valence-corrected chi connectivity index (χ4v) is 5.34. The molecule has 1 aliphatic heterocycles. The van der Waals surface area contributed by atoms with E-state index < -0.39 is 11.6 Å². The Hall–Kier alpha value is -4.16. The number of piperidine rings is 1. The first-order valence-electron chi connectivity index (χ1n) is 12.2. The van der Waals surface area contributed by atoms with Crippen molar-refractivity contribution in [3.8, 4) is 22.4 Å². The van der Waals surface area contributed by atoms with E-state index in [1.165, 1.54) is 18.4 Å². The topological polar surface area (TPSA) is 142 Å². The third-order valence-electron chi connectivity index (χ3n) is 6.40. The summed E-state index contributed by atoms with van der Waals surface area (Å²) in [6.45, 7) is 3.23. The first kappa shape index (κ1) is 25.5. The molecule has 3 aromatic heterocycles. The van der Waals surface area contributed by atoms with Crippen LogP contribution in [0.3, 0.4) is 0 Å². The maximum Gasteiger partial charge on any atom is 0.337 e. The minimum Gasteiger partial charge on any atom is -0.467 e. The van der Waals surface area contributed by atoms with Crippen LogP contribution in [0.2, 0.25) is 0 Å². The van der Waals surface area contributed by atoms with E-state index in [1.54, 1.807) is 18.6 Å². The quantitative estimate of drug-likeness (QED) is 0.318. The van der Waals surface area contributed by atoms with Crippen molar-refractivity contribution in [3.05, 3.63) is 48.9 Å². The van der Waals surface area contributed by atoms with E-state index in [1.807, 2.05) is 42.2 Å². The van der Waals surface area contributed by atoms with Gasteiger partial charge in [-0.1, -0.05) is 17.4 Å². The second-order valence-electron chi connectivity index (χ2n) is 8.87. The van der Waals surface area contributed by atoms with Gasteiger partial charge in [0.1, 0.15) is 0 Å². The van der Waals surface area contributed by atoms with E-state index in [-0.39, 0.29) is 18.9 Å². The van der Waals surface area contributed by atoms with Crippen LogP contribution in [0.5, 0.6) is 0 Å². The lowest BCUT2D eigenvalue weighted by atomic mass is 9.92. The summed E-state index contributed by atoms with van der Waals surface area (Å²) < 4.78 is 5.64. The van der Waals surface area contributed by atoms with Crippen molar-refractivity contribution >= 4 is 44.6 Å². The Balaban J connectivity index is 1.44. The Bertz CT molecular complexity index is 1450. The number of ether oxygens (including phenoxy) is 1. The van der Waals surface area contributed by atoms with Gasteiger partial charge >= 0.3 is 12.0 Å². The fourth-order valence-electron chi connectivity index (χ4n) is 4.37. The Morgan fingerprint density at radius 3 is 2.55 bits per heavy atom. The van der Waals surface area contributed by atoms with E-state index in [9.17, 15) is 14.7 Å². The van der Waals surface area contributed by atoms with Gasteiger partial charge in [-0.05, 0) is 36.8 Å². The van der Waals surface area contributed by atoms with Crippen molar-refractivity contribution in [2.75, 3.05) is 37.0 Å². The molecule has 0 saturated carbocycles. The molecular formula is C26H27N7O4S. The molecule has 0 radical (unpaired) electrons. The monoisotopic (exact) mass is 533 g/mol. The second kappa shape index (κ2) is 10.7. The number of urea groups is 1. The second-order valence-corrected chi connectivity index (χ2v) is 9.87. The van der Waals surface area contributed by atoms with Crippen LogP contribution < -0.4 is 15.5 Å². The van der Waals surface area contributed by atoms with Crippen LogP contribution in [0, 0.1) is 0 Å². The molecule has 4 heterocycles. The molecule has 196 valence electrons. The molecule has 3 N–H and O–H groups in total. The van der Waals surface area contributed by atoms with Crippen molar-refractivity contribution in [1.82, 2.24) is 25.3 Å². The van der Waals surface area contributed by atoms with Gasteiger partial charge in [0.05, 0.1) is 23.0 Å². The molecule has 12 heteroatoms. The number of methoxy groups -OCH3 is 1. The predicted molar refractivity (Wildman–Crippen MR) is 145 cm³/mol. The molecule has 2 amide bonds. The lowest BCUT2D eigenvalue weighted by Gasteiger charge is -2.36. The number of hydrogen-bond donors (Lipinski definition) is 3. The highest BCUT2D eigenvalue weighted by Crippen LogP contribution is 2.38. The summed E-state index contributed by atoms with van der Waals surface area (Å²) in [6, 6.07) is 9.37. The normalized spacial score (nSPS) is 14.8. The standard InChI is InChI=1S/C26H27N7O4S/c1-3-27-24(35)32-25-31-20-13-16(12-18(21(20)38-25)19-6-4-5-9-28-19)17-14-29-23(30-15-17)33-10-7-26(36,8-11-33)22(34)37-2/h4-6,9,12-15,36H,3,7-8,10-11H2,1-2H3,(H2,27,31,32,35). The zero-order valence-electron chi connectivity index (χ0n) is 21.0. The number of pyridine rings is 1. The van der Waals surface area contributed by atoms with E-state index in [0.29, 0.717) is 30.7 Å². The molecule has 1 saturated heterocycles. The number of thiazole rings is 1. The minimum atomic E-state index is -1.47. The Morgan fingerprint density at radius 2 is 1.89 bits per heavy atom. The number of nitrogens with one attached hydrogen (secondary N) is 2. The van der Waals surface area contributed by atoms with E-state index in [0.717, 1.165) is 32.6 Å². The molecule has 11 nitrogen and oxygen atoms in total. The fraction of sp³-hybridized carbons (Fsp3) is 0.308. The van der Waals surface area contributed by atoms with Crippen LogP contribution in [0.4, 0.5) is 15.9 Å². The van der Waals surface area contributed by atoms with E-state index in [2.05, 4.69) is 30.6 Å². The highest BCUT2D eigenvalue weighted by atomic mass is 32.1. The summed E-state index contributed by atoms with van der Waals surface area (Å²) in [6.07, 6.45) is 5.71. The molecule has 1 aromatic carbocycles. The Kier molecular flexibility index (Phi) is 7.16. The van der Waals surface area contributed by atoms with Crippen molar-refractivity contribution in [1.29, 1.82) is 0 Å². The maximum absolute atomic E-state index is 12.1. The number of aliphatic hydroxyl groups is 1. The van der Waals surface area contributed by atoms with Crippen LogP contribution in [-0.4, -0.2) is 69.4 Å². The number of carbonyl (C=O) groups excluding carboxylic acids is 2. The zero-order chi connectivity index (χ0) is 26.7. The van der Waals surface area contributed by atoms with Gasteiger partial charge in [0.2, 0.25) is 5.95 Å². The third-order valence-corrected chi connectivity index (χ3v) is 7.42. The lowest BCUT2D eigenvalue weighted by molar-refractivity contribution is -0.164. The Labute approximate surface area is 222 Å². The number of anilines is 2. The highest BCUT2D eigenvalue weighted by Gasteiger charge is 2.40. The number of fused-ring (bicyclic) bond motifs is 1. The lowest BCUT2D eigenvalue weighted by Crippen LogP contribution is -2.50. The summed E-state index contributed by atoms with van der Waals surface area (Å²) >= 11 is 1.39. The van der Waals surface area contributed by atoms with Crippen LogP contribution >= 0.6 is 11.3 Å². The van der Waals surface area contributed by atoms with Crippen molar-refractivity contribution in [2.45, 2.75) is 25.4 Å². The van der Waals surface area contributed by atoms with Gasteiger partial charge in [0.25, 0.3) is 0 Å². The smallest absolute Gasteiger partial charge is 0.337 e. The number of benzene rings is 1. The molecule has 1 fully saturated rings. The van der Waals surface area contributed by atoms with Crippen LogP contribution in [0.15, 0.2) is 48.9 Å². The van der Waals surface area contributed by atoms with E-state index in [4.69, 9.17) is 4.74 Å². The average molecular weight is 534 g/mol. The van der Waals surface area contributed by atoms with Gasteiger partial charge in [-0.3, -0.25) is 10.3 Å². The van der Waals surface area contributed by atoms with Gasteiger partial charge in [-0.25, -0.2) is 24.5 Å². The summed E-state index contributed by atoms with van der Waals surface area (Å²) in [4.78, 5) is 44.2. The number of amides is 2. The largest absolute Gasteiger partial charge is 0.467 e. The maximum atomic E-state index is 12.1. The average Bonchev–Trinajstić information content (AvgIpc) is 3.35. The number of rotatable bonds is 6. The van der Waals surface area contributed by atoms with E-state index >= 15 is 0 Å². The van der Waals surface area contributed by atoms with Crippen LogP contribution in [-0.2, 0) is 9.53 Å². The van der Waals surface area contributed by atoms with Crippen molar-refractivity contribution in [3.63, 3.8) is 0 Å². The highest BCUT2D eigenvalue weighted by molar-refractivity contribution is 7.22. The molecule has 0 atom stereocenters. The first-order valence-corrected chi connectivity index (χ1v) is 13.0. The van der Waals surface area contributed by atoms with Crippen molar-refractivity contribution in [2.24, 2.45) is 0 Å². The number of aromatic nitrogens is 4. The predicted octanol–water partition coefficient (Wildman–Crippen LogP) is 3.46. The number of carbonyl (C=O) groups is 2. The zero-order valence-corrected chi connectivity index (χ0v) is 21.8. The van der Waals surface area contributed by atoms with Gasteiger partial charge in [-0.15, -0.1) is 0 Å². The summed E-state index contributed by atoms with van der Waals surface area (Å²) in [5.41, 5.74) is 2.59. The van der Waals surface area contributed by atoms with Gasteiger partial charge in [0, 0.05) is 62.2 Å². The molecule has 0 bridgehead atoms. The van der Waals surface area contributed by atoms with Crippen LogP contribution in [0.25, 0.3) is 32.6 Å². The number of hydrogen-bond acceptors (Lipinski definition) is 10. The molecular weight excluding hydrogens is 506 g/mol. The first-order chi connectivity index (χ1) is 18.4. The number of nitrogens with zero attached hydrogens (tertiary/aromatic N) is 5. The molecule has 4 aromatic rings. The summed E-state index contributed by atoms with van der Waals surface area (Å²) in [7, 11) is 1.28.